The highest BCUT2D eigenvalue weighted by molar-refractivity contribution is 7.17. The van der Waals surface area contributed by atoms with Crippen LogP contribution < -0.4 is 10.6 Å². The van der Waals surface area contributed by atoms with Gasteiger partial charge in [-0.1, -0.05) is 59.9 Å². The maximum atomic E-state index is 12.5. The molecule has 8 nitrogen and oxygen atoms in total. The lowest BCUT2D eigenvalue weighted by Gasteiger charge is -2.14. The van der Waals surface area contributed by atoms with Gasteiger partial charge >= 0.3 is 12.1 Å². The standard InChI is InChI=1S/C25H23N3O5S/c1-13-21(22(29)26-11-14-10-19(14)23(30)31)34-24(27-13)28-25(32)33-12-20-17-8-4-2-6-15(17)16-7-3-5-9-18(16)20/h2-9,14,19-20H,10-12H2,1H3,(H,26,29)(H,30,31)(H,27,28,32)/t14-,19-/m0/s1. The van der Waals surface area contributed by atoms with E-state index in [-0.39, 0.29) is 35.4 Å². The summed E-state index contributed by atoms with van der Waals surface area (Å²) in [6.07, 6.45) is -0.0591. The molecule has 2 atom stereocenters. The Labute approximate surface area is 200 Å². The SMILES string of the molecule is Cc1nc(NC(=O)OCC2c3ccccc3-c3ccccc32)sc1C(=O)NC[C@@H]1C[C@@H]1C(=O)O. The van der Waals surface area contributed by atoms with Gasteiger partial charge in [0.25, 0.3) is 5.91 Å². The Morgan fingerprint density at radius 3 is 2.35 bits per heavy atom. The van der Waals surface area contributed by atoms with Crippen molar-refractivity contribution in [3.8, 4) is 11.1 Å². The van der Waals surface area contributed by atoms with Gasteiger partial charge in [0.2, 0.25) is 0 Å². The average Bonchev–Trinajstić information content (AvgIpc) is 3.43. The number of aliphatic carboxylic acids is 1. The Morgan fingerprint density at radius 2 is 1.74 bits per heavy atom. The number of benzene rings is 2. The van der Waals surface area contributed by atoms with E-state index < -0.39 is 12.1 Å². The third kappa shape index (κ3) is 4.26. The van der Waals surface area contributed by atoms with Gasteiger partial charge in [0.05, 0.1) is 11.6 Å². The van der Waals surface area contributed by atoms with Crippen LogP contribution in [0.5, 0.6) is 0 Å². The van der Waals surface area contributed by atoms with Crippen LogP contribution in [0.25, 0.3) is 11.1 Å². The number of carbonyl (C=O) groups is 3. The molecule has 5 rings (SSSR count). The Kier molecular flexibility index (Phi) is 5.79. The summed E-state index contributed by atoms with van der Waals surface area (Å²) in [4.78, 5) is 40.5. The number of rotatable bonds is 7. The minimum atomic E-state index is -0.831. The van der Waals surface area contributed by atoms with E-state index in [4.69, 9.17) is 9.84 Å². The summed E-state index contributed by atoms with van der Waals surface area (Å²) in [5.41, 5.74) is 5.04. The number of hydrogen-bond donors (Lipinski definition) is 3. The molecule has 1 heterocycles. The summed E-state index contributed by atoms with van der Waals surface area (Å²) in [5.74, 6) is -1.62. The maximum Gasteiger partial charge on any atom is 0.413 e. The number of hydrogen-bond acceptors (Lipinski definition) is 6. The minimum absolute atomic E-state index is 0.0342. The van der Waals surface area contributed by atoms with Crippen LogP contribution in [-0.2, 0) is 9.53 Å². The third-order valence-electron chi connectivity index (χ3n) is 6.32. The van der Waals surface area contributed by atoms with Crippen LogP contribution in [-0.4, -0.2) is 41.2 Å². The first-order valence-corrected chi connectivity index (χ1v) is 11.8. The number of aromatic nitrogens is 1. The summed E-state index contributed by atoms with van der Waals surface area (Å²) in [6.45, 7) is 2.18. The third-order valence-corrected chi connectivity index (χ3v) is 7.39. The van der Waals surface area contributed by atoms with E-state index in [1.165, 1.54) is 0 Å². The van der Waals surface area contributed by atoms with E-state index in [0.717, 1.165) is 33.6 Å². The number of amides is 2. The second-order valence-corrected chi connectivity index (χ2v) is 9.53. The number of anilines is 1. The van der Waals surface area contributed by atoms with Crippen molar-refractivity contribution in [2.24, 2.45) is 11.8 Å². The number of carboxylic acids is 1. The molecule has 0 bridgehead atoms. The molecule has 2 aliphatic rings. The molecule has 9 heteroatoms. The first-order valence-electron chi connectivity index (χ1n) is 11.0. The number of carboxylic acid groups (broad SMARTS) is 1. The van der Waals surface area contributed by atoms with E-state index in [1.807, 2.05) is 24.3 Å². The van der Waals surface area contributed by atoms with Crippen molar-refractivity contribution >= 4 is 34.4 Å². The van der Waals surface area contributed by atoms with Gasteiger partial charge in [0.1, 0.15) is 11.5 Å². The minimum Gasteiger partial charge on any atom is -0.481 e. The quantitative estimate of drug-likeness (QED) is 0.468. The number of nitrogens with one attached hydrogen (secondary N) is 2. The highest BCUT2D eigenvalue weighted by Gasteiger charge is 2.43. The molecule has 34 heavy (non-hydrogen) atoms. The van der Waals surface area contributed by atoms with Crippen LogP contribution >= 0.6 is 11.3 Å². The van der Waals surface area contributed by atoms with Gasteiger partial charge in [-0.05, 0) is 41.5 Å². The summed E-state index contributed by atoms with van der Waals surface area (Å²) < 4.78 is 5.54. The van der Waals surface area contributed by atoms with Gasteiger partial charge in [-0.2, -0.15) is 0 Å². The molecule has 1 aromatic heterocycles. The zero-order valence-corrected chi connectivity index (χ0v) is 19.2. The Balaban J connectivity index is 1.18. The van der Waals surface area contributed by atoms with Gasteiger partial charge in [-0.15, -0.1) is 0 Å². The van der Waals surface area contributed by atoms with Crippen LogP contribution in [0.15, 0.2) is 48.5 Å². The lowest BCUT2D eigenvalue weighted by molar-refractivity contribution is -0.138. The molecule has 0 radical (unpaired) electrons. The zero-order chi connectivity index (χ0) is 23.8. The molecular formula is C25H23N3O5S. The number of fused-ring (bicyclic) bond motifs is 3. The van der Waals surface area contributed by atoms with Crippen LogP contribution in [0, 0.1) is 18.8 Å². The zero-order valence-electron chi connectivity index (χ0n) is 18.4. The van der Waals surface area contributed by atoms with Gasteiger partial charge in [0.15, 0.2) is 5.13 Å². The second kappa shape index (κ2) is 8.90. The number of thiazole rings is 1. The molecule has 0 spiro atoms. The van der Waals surface area contributed by atoms with Crippen molar-refractivity contribution in [2.75, 3.05) is 18.5 Å². The van der Waals surface area contributed by atoms with Crippen molar-refractivity contribution < 1.29 is 24.2 Å². The van der Waals surface area contributed by atoms with Crippen LogP contribution in [0.1, 0.15) is 38.8 Å². The van der Waals surface area contributed by atoms with Crippen molar-refractivity contribution in [3.63, 3.8) is 0 Å². The van der Waals surface area contributed by atoms with E-state index in [0.29, 0.717) is 23.5 Å². The monoisotopic (exact) mass is 477 g/mol. The van der Waals surface area contributed by atoms with Crippen molar-refractivity contribution in [2.45, 2.75) is 19.3 Å². The number of aryl methyl sites for hydroxylation is 1. The van der Waals surface area contributed by atoms with E-state index in [9.17, 15) is 14.4 Å². The van der Waals surface area contributed by atoms with Gasteiger partial charge in [-0.3, -0.25) is 14.9 Å². The number of nitrogens with zero attached hydrogens (tertiary/aromatic N) is 1. The van der Waals surface area contributed by atoms with Crippen molar-refractivity contribution in [1.82, 2.24) is 10.3 Å². The fourth-order valence-electron chi connectivity index (χ4n) is 4.46. The van der Waals surface area contributed by atoms with E-state index in [1.54, 1.807) is 6.92 Å². The van der Waals surface area contributed by atoms with Crippen molar-refractivity contribution in [1.29, 1.82) is 0 Å². The Hall–Kier alpha value is -3.72. The first-order chi connectivity index (χ1) is 16.4. The molecule has 0 aliphatic heterocycles. The Morgan fingerprint density at radius 1 is 1.09 bits per heavy atom. The molecule has 0 unspecified atom stereocenters. The van der Waals surface area contributed by atoms with E-state index >= 15 is 0 Å². The van der Waals surface area contributed by atoms with E-state index in [2.05, 4.69) is 39.9 Å². The van der Waals surface area contributed by atoms with Crippen molar-refractivity contribution in [3.05, 3.63) is 70.2 Å². The van der Waals surface area contributed by atoms with Crippen LogP contribution in [0.4, 0.5) is 9.93 Å². The summed E-state index contributed by atoms with van der Waals surface area (Å²) in [5, 5.41) is 14.6. The first kappa shape index (κ1) is 22.1. The summed E-state index contributed by atoms with van der Waals surface area (Å²) in [7, 11) is 0. The fraction of sp³-hybridized carbons (Fsp3) is 0.280. The second-order valence-electron chi connectivity index (χ2n) is 8.53. The average molecular weight is 478 g/mol. The molecule has 2 aliphatic carbocycles. The van der Waals surface area contributed by atoms with Crippen LogP contribution in [0.3, 0.4) is 0 Å². The molecule has 3 aromatic rings. The molecule has 0 saturated heterocycles. The van der Waals surface area contributed by atoms with Crippen LogP contribution in [0.2, 0.25) is 0 Å². The molecule has 2 aromatic carbocycles. The van der Waals surface area contributed by atoms with Gasteiger partial charge in [-0.25, -0.2) is 9.78 Å². The summed E-state index contributed by atoms with van der Waals surface area (Å²) >= 11 is 1.06. The molecule has 1 saturated carbocycles. The fourth-order valence-corrected chi connectivity index (χ4v) is 5.33. The predicted octanol–water partition coefficient (Wildman–Crippen LogP) is 4.26. The molecule has 3 N–H and O–H groups in total. The smallest absolute Gasteiger partial charge is 0.413 e. The molecular weight excluding hydrogens is 454 g/mol. The van der Waals surface area contributed by atoms with Gasteiger partial charge < -0.3 is 15.2 Å². The lowest BCUT2D eigenvalue weighted by Crippen LogP contribution is -2.26. The Bertz CT molecular complexity index is 1240. The molecule has 174 valence electrons. The summed E-state index contributed by atoms with van der Waals surface area (Å²) in [6, 6.07) is 16.2. The molecule has 1 fully saturated rings. The number of ether oxygens (including phenoxy) is 1. The number of carbonyl (C=O) groups excluding carboxylic acids is 2. The topological polar surface area (TPSA) is 118 Å². The largest absolute Gasteiger partial charge is 0.481 e. The molecule has 2 amide bonds. The van der Waals surface area contributed by atoms with Gasteiger partial charge in [0, 0.05) is 12.5 Å². The highest BCUT2D eigenvalue weighted by atomic mass is 32.1. The lowest BCUT2D eigenvalue weighted by atomic mass is 9.98. The normalized spacial score (nSPS) is 18.0. The maximum absolute atomic E-state index is 12.5. The highest BCUT2D eigenvalue weighted by Crippen LogP contribution is 2.44. The predicted molar refractivity (Wildman–Crippen MR) is 127 cm³/mol.